The normalized spacial score (nSPS) is 23.2. The minimum Gasteiger partial charge on any atom is -0.369 e. The fraction of sp³-hybridized carbons (Fsp3) is 0.562. The van der Waals surface area contributed by atoms with Gasteiger partial charge >= 0.3 is 0 Å². The van der Waals surface area contributed by atoms with E-state index in [4.69, 9.17) is 5.73 Å². The molecule has 0 saturated heterocycles. The molecule has 0 unspecified atom stereocenters. The third kappa shape index (κ3) is 3.80. The van der Waals surface area contributed by atoms with Crippen LogP contribution in [0.1, 0.15) is 43.7 Å². The number of amides is 1. The number of carbonyl (C=O) groups excluding carboxylic acids is 1. The molecule has 0 bridgehead atoms. The Labute approximate surface area is 115 Å². The summed E-state index contributed by atoms with van der Waals surface area (Å²) in [6.07, 6.45) is 5.06. The molecule has 1 aromatic carbocycles. The van der Waals surface area contributed by atoms with E-state index >= 15 is 0 Å². The van der Waals surface area contributed by atoms with Crippen molar-refractivity contribution in [2.24, 2.45) is 11.7 Å². The van der Waals surface area contributed by atoms with Crippen molar-refractivity contribution in [2.45, 2.75) is 51.6 Å². The zero-order valence-electron chi connectivity index (χ0n) is 11.7. The van der Waals surface area contributed by atoms with Crippen LogP contribution >= 0.6 is 0 Å². The van der Waals surface area contributed by atoms with E-state index < -0.39 is 0 Å². The van der Waals surface area contributed by atoms with Gasteiger partial charge in [-0.3, -0.25) is 4.79 Å². The molecule has 2 rings (SSSR count). The molecular formula is C16H24N2O. The van der Waals surface area contributed by atoms with Crippen LogP contribution in [0, 0.1) is 5.92 Å². The summed E-state index contributed by atoms with van der Waals surface area (Å²) in [7, 11) is 0. The second kappa shape index (κ2) is 6.71. The Kier molecular flexibility index (Phi) is 4.97. The van der Waals surface area contributed by atoms with Crippen LogP contribution in [0.15, 0.2) is 24.3 Å². The smallest absolute Gasteiger partial charge is 0.220 e. The first-order valence-electron chi connectivity index (χ1n) is 7.30. The zero-order chi connectivity index (χ0) is 13.7. The number of primary amides is 1. The molecule has 0 atom stereocenters. The third-order valence-electron chi connectivity index (χ3n) is 4.21. The van der Waals surface area contributed by atoms with Crippen molar-refractivity contribution in [3.8, 4) is 0 Å². The molecule has 1 aliphatic carbocycles. The van der Waals surface area contributed by atoms with Crippen LogP contribution in [-0.4, -0.2) is 11.9 Å². The molecule has 0 radical (unpaired) electrons. The predicted molar refractivity (Wildman–Crippen MR) is 77.6 cm³/mol. The van der Waals surface area contributed by atoms with Gasteiger partial charge in [0.25, 0.3) is 0 Å². The summed E-state index contributed by atoms with van der Waals surface area (Å²) in [4.78, 5) is 11.1. The highest BCUT2D eigenvalue weighted by molar-refractivity contribution is 5.76. The average Bonchev–Trinajstić information content (AvgIpc) is 2.45. The van der Waals surface area contributed by atoms with Gasteiger partial charge in [0.1, 0.15) is 0 Å². The first kappa shape index (κ1) is 14.1. The third-order valence-corrected chi connectivity index (χ3v) is 4.21. The molecule has 3 nitrogen and oxygen atoms in total. The van der Waals surface area contributed by atoms with Gasteiger partial charge in [-0.15, -0.1) is 0 Å². The van der Waals surface area contributed by atoms with Gasteiger partial charge in [-0.25, -0.2) is 0 Å². The number of rotatable bonds is 5. The number of carbonyl (C=O) groups is 1. The van der Waals surface area contributed by atoms with Gasteiger partial charge in [0.05, 0.1) is 0 Å². The molecule has 104 valence electrons. The van der Waals surface area contributed by atoms with Crippen molar-refractivity contribution in [2.75, 3.05) is 0 Å². The lowest BCUT2D eigenvalue weighted by Crippen LogP contribution is -2.36. The Morgan fingerprint density at radius 1 is 1.21 bits per heavy atom. The standard InChI is InChI=1S/C16H24N2O/c1-2-12-5-3-4-6-14(12)11-18-15-9-7-13(8-10-15)16(17)19/h3-6,13,15,18H,2,7-11H2,1H3,(H2,17,19). The summed E-state index contributed by atoms with van der Waals surface area (Å²) < 4.78 is 0. The summed E-state index contributed by atoms with van der Waals surface area (Å²) in [5, 5.41) is 3.62. The number of nitrogens with one attached hydrogen (secondary N) is 1. The fourth-order valence-electron chi connectivity index (χ4n) is 2.91. The molecule has 1 amide bonds. The van der Waals surface area contributed by atoms with Gasteiger partial charge in [0.15, 0.2) is 0 Å². The first-order valence-corrected chi connectivity index (χ1v) is 7.30. The maximum absolute atomic E-state index is 11.1. The number of benzene rings is 1. The van der Waals surface area contributed by atoms with Crippen LogP contribution < -0.4 is 11.1 Å². The van der Waals surface area contributed by atoms with E-state index in [1.54, 1.807) is 0 Å². The highest BCUT2D eigenvalue weighted by atomic mass is 16.1. The average molecular weight is 260 g/mol. The number of hydrogen-bond donors (Lipinski definition) is 2. The minimum atomic E-state index is -0.130. The zero-order valence-corrected chi connectivity index (χ0v) is 11.7. The molecule has 0 aromatic heterocycles. The van der Waals surface area contributed by atoms with Gasteiger partial charge < -0.3 is 11.1 Å². The van der Waals surface area contributed by atoms with Crippen molar-refractivity contribution < 1.29 is 4.79 Å². The SMILES string of the molecule is CCc1ccccc1CNC1CCC(C(N)=O)CC1. The molecular weight excluding hydrogens is 236 g/mol. The minimum absolute atomic E-state index is 0.0981. The summed E-state index contributed by atoms with van der Waals surface area (Å²) in [5.41, 5.74) is 8.16. The van der Waals surface area contributed by atoms with Crippen LogP contribution in [0.25, 0.3) is 0 Å². The van der Waals surface area contributed by atoms with E-state index in [0.717, 1.165) is 38.6 Å². The number of hydrogen-bond acceptors (Lipinski definition) is 2. The topological polar surface area (TPSA) is 55.1 Å². The maximum Gasteiger partial charge on any atom is 0.220 e. The molecule has 1 aliphatic rings. The summed E-state index contributed by atoms with van der Waals surface area (Å²) in [6, 6.07) is 9.11. The van der Waals surface area contributed by atoms with Crippen molar-refractivity contribution in [1.29, 1.82) is 0 Å². The fourth-order valence-corrected chi connectivity index (χ4v) is 2.91. The van der Waals surface area contributed by atoms with Crippen molar-refractivity contribution in [3.63, 3.8) is 0 Å². The number of nitrogens with two attached hydrogens (primary N) is 1. The second-order valence-electron chi connectivity index (χ2n) is 5.45. The van der Waals surface area contributed by atoms with E-state index in [9.17, 15) is 4.79 Å². The van der Waals surface area contributed by atoms with Crippen LogP contribution in [-0.2, 0) is 17.8 Å². The van der Waals surface area contributed by atoms with Crippen LogP contribution in [0.4, 0.5) is 0 Å². The lowest BCUT2D eigenvalue weighted by Gasteiger charge is -2.27. The lowest BCUT2D eigenvalue weighted by molar-refractivity contribution is -0.122. The Hall–Kier alpha value is -1.35. The highest BCUT2D eigenvalue weighted by Crippen LogP contribution is 2.24. The predicted octanol–water partition coefficient (Wildman–Crippen LogP) is 2.38. The highest BCUT2D eigenvalue weighted by Gasteiger charge is 2.24. The van der Waals surface area contributed by atoms with Crippen LogP contribution in [0.3, 0.4) is 0 Å². The Balaban J connectivity index is 1.82. The number of aryl methyl sites for hydroxylation is 1. The van der Waals surface area contributed by atoms with Gasteiger partial charge in [-0.1, -0.05) is 31.2 Å². The van der Waals surface area contributed by atoms with E-state index in [0.29, 0.717) is 6.04 Å². The van der Waals surface area contributed by atoms with Crippen molar-refractivity contribution in [1.82, 2.24) is 5.32 Å². The van der Waals surface area contributed by atoms with Gasteiger partial charge in [0.2, 0.25) is 5.91 Å². The molecule has 3 heteroatoms. The van der Waals surface area contributed by atoms with Crippen molar-refractivity contribution >= 4 is 5.91 Å². The van der Waals surface area contributed by atoms with Gasteiger partial charge in [-0.05, 0) is 43.2 Å². The second-order valence-corrected chi connectivity index (χ2v) is 5.45. The molecule has 1 saturated carbocycles. The van der Waals surface area contributed by atoms with Gasteiger partial charge in [0, 0.05) is 18.5 Å². The van der Waals surface area contributed by atoms with Crippen LogP contribution in [0.2, 0.25) is 0 Å². The molecule has 0 spiro atoms. The Morgan fingerprint density at radius 3 is 2.42 bits per heavy atom. The molecule has 0 aliphatic heterocycles. The van der Waals surface area contributed by atoms with Crippen LogP contribution in [0.5, 0.6) is 0 Å². The molecule has 3 N–H and O–H groups in total. The maximum atomic E-state index is 11.1. The van der Waals surface area contributed by atoms with E-state index in [2.05, 4.69) is 36.5 Å². The molecule has 0 heterocycles. The quantitative estimate of drug-likeness (QED) is 0.854. The van der Waals surface area contributed by atoms with Gasteiger partial charge in [-0.2, -0.15) is 0 Å². The Morgan fingerprint density at radius 2 is 1.84 bits per heavy atom. The van der Waals surface area contributed by atoms with Crippen molar-refractivity contribution in [3.05, 3.63) is 35.4 Å². The summed E-state index contributed by atoms with van der Waals surface area (Å²) in [6.45, 7) is 3.12. The monoisotopic (exact) mass is 260 g/mol. The summed E-state index contributed by atoms with van der Waals surface area (Å²) >= 11 is 0. The van der Waals surface area contributed by atoms with E-state index in [-0.39, 0.29) is 11.8 Å². The Bertz CT molecular complexity index is 423. The molecule has 1 fully saturated rings. The molecule has 19 heavy (non-hydrogen) atoms. The first-order chi connectivity index (χ1) is 9.20. The largest absolute Gasteiger partial charge is 0.369 e. The van der Waals surface area contributed by atoms with E-state index in [1.807, 2.05) is 0 Å². The summed E-state index contributed by atoms with van der Waals surface area (Å²) in [5.74, 6) is -0.0317. The molecule has 1 aromatic rings. The van der Waals surface area contributed by atoms with E-state index in [1.165, 1.54) is 11.1 Å². The lowest BCUT2D eigenvalue weighted by atomic mass is 9.85.